The minimum atomic E-state index is -0.0847. The lowest BCUT2D eigenvalue weighted by molar-refractivity contribution is 0.0859. The van der Waals surface area contributed by atoms with Crippen molar-refractivity contribution < 1.29 is 9.53 Å². The van der Waals surface area contributed by atoms with Crippen molar-refractivity contribution in [2.24, 2.45) is 0 Å². The van der Waals surface area contributed by atoms with Crippen LogP contribution >= 0.6 is 12.2 Å². The zero-order chi connectivity index (χ0) is 20.2. The van der Waals surface area contributed by atoms with Gasteiger partial charge in [0.15, 0.2) is 10.6 Å². The van der Waals surface area contributed by atoms with Crippen LogP contribution in [0.3, 0.4) is 0 Å². The Kier molecular flexibility index (Phi) is 6.40. The van der Waals surface area contributed by atoms with Crippen molar-refractivity contribution in [1.29, 1.82) is 0 Å². The van der Waals surface area contributed by atoms with Crippen molar-refractivity contribution in [3.63, 3.8) is 0 Å². The molecule has 0 radical (unpaired) electrons. The maximum atomic E-state index is 13.0. The van der Waals surface area contributed by atoms with E-state index in [2.05, 4.69) is 11.1 Å². The molecule has 5 nitrogen and oxygen atoms in total. The number of aromatic nitrogens is 2. The summed E-state index contributed by atoms with van der Waals surface area (Å²) >= 11 is 5.45. The minimum absolute atomic E-state index is 0.0788. The number of ketones is 1. The summed E-state index contributed by atoms with van der Waals surface area (Å²) in [5.74, 6) is 0.0788. The van der Waals surface area contributed by atoms with Gasteiger partial charge in [-0.3, -0.25) is 14.2 Å². The Morgan fingerprint density at radius 2 is 2.17 bits per heavy atom. The van der Waals surface area contributed by atoms with Crippen LogP contribution in [-0.2, 0) is 11.3 Å². The molecule has 1 aliphatic carbocycles. The van der Waals surface area contributed by atoms with Gasteiger partial charge in [0.2, 0.25) is 0 Å². The van der Waals surface area contributed by atoms with Crippen LogP contribution in [0.15, 0.2) is 34.6 Å². The average molecular weight is 413 g/mol. The molecular formula is C23H28N2O3S. The molecule has 0 bridgehead atoms. The van der Waals surface area contributed by atoms with Gasteiger partial charge in [-0.2, -0.15) is 0 Å². The van der Waals surface area contributed by atoms with Crippen LogP contribution in [0.1, 0.15) is 68.1 Å². The molecule has 2 aliphatic rings. The molecule has 0 spiro atoms. The second-order valence-corrected chi connectivity index (χ2v) is 8.49. The number of aromatic amines is 1. The number of carbonyl (C=O) groups excluding carboxylic acids is 1. The molecule has 1 aromatic carbocycles. The van der Waals surface area contributed by atoms with Gasteiger partial charge in [0.1, 0.15) is 0 Å². The zero-order valence-corrected chi connectivity index (χ0v) is 17.6. The molecule has 1 aromatic heterocycles. The second kappa shape index (κ2) is 9.18. The lowest BCUT2D eigenvalue weighted by Crippen LogP contribution is -2.23. The summed E-state index contributed by atoms with van der Waals surface area (Å²) in [6.45, 7) is 1.40. The van der Waals surface area contributed by atoms with E-state index in [1.165, 1.54) is 18.4 Å². The van der Waals surface area contributed by atoms with Gasteiger partial charge in [0.05, 0.1) is 17.0 Å². The zero-order valence-electron chi connectivity index (χ0n) is 16.7. The molecule has 2 aromatic rings. The monoisotopic (exact) mass is 412 g/mol. The molecule has 1 N–H and O–H groups in total. The lowest BCUT2D eigenvalue weighted by Gasteiger charge is -2.14. The molecule has 6 heteroatoms. The van der Waals surface area contributed by atoms with Crippen molar-refractivity contribution in [1.82, 2.24) is 9.55 Å². The highest BCUT2D eigenvalue weighted by Gasteiger charge is 2.18. The molecule has 154 valence electrons. The maximum absolute atomic E-state index is 13.0. The lowest BCUT2D eigenvalue weighted by atomic mass is 9.97. The van der Waals surface area contributed by atoms with Gasteiger partial charge < -0.3 is 9.72 Å². The first-order valence-corrected chi connectivity index (χ1v) is 11.1. The maximum Gasteiger partial charge on any atom is 0.262 e. The Morgan fingerprint density at radius 3 is 2.93 bits per heavy atom. The van der Waals surface area contributed by atoms with Crippen LogP contribution in [0.2, 0.25) is 0 Å². The van der Waals surface area contributed by atoms with E-state index >= 15 is 0 Å². The summed E-state index contributed by atoms with van der Waals surface area (Å²) in [6, 6.07) is 5.27. The number of benzene rings is 1. The molecule has 1 unspecified atom stereocenters. The number of nitrogens with one attached hydrogen (secondary N) is 1. The van der Waals surface area contributed by atoms with Gasteiger partial charge in [-0.05, 0) is 75.7 Å². The third kappa shape index (κ3) is 4.75. The molecular weight excluding hydrogens is 384 g/mol. The van der Waals surface area contributed by atoms with Gasteiger partial charge in [-0.15, -0.1) is 0 Å². The molecule has 1 fully saturated rings. The molecule has 4 rings (SSSR count). The molecule has 1 aliphatic heterocycles. The highest BCUT2D eigenvalue weighted by molar-refractivity contribution is 7.71. The van der Waals surface area contributed by atoms with Crippen LogP contribution in [0.25, 0.3) is 10.9 Å². The highest BCUT2D eigenvalue weighted by Crippen LogP contribution is 2.21. The highest BCUT2D eigenvalue weighted by atomic mass is 32.1. The van der Waals surface area contributed by atoms with Crippen molar-refractivity contribution in [3.8, 4) is 0 Å². The molecule has 1 saturated heterocycles. The van der Waals surface area contributed by atoms with E-state index in [9.17, 15) is 9.59 Å². The van der Waals surface area contributed by atoms with E-state index in [0.29, 0.717) is 34.2 Å². The van der Waals surface area contributed by atoms with E-state index in [1.54, 1.807) is 22.8 Å². The number of Topliss-reactive ketones (excluding diaryl/α,β-unsaturated/α-hetero) is 1. The third-order valence-electron chi connectivity index (χ3n) is 6.06. The third-order valence-corrected chi connectivity index (χ3v) is 6.39. The van der Waals surface area contributed by atoms with Gasteiger partial charge in [-0.1, -0.05) is 17.7 Å². The fourth-order valence-corrected chi connectivity index (χ4v) is 4.61. The fraction of sp³-hybridized carbons (Fsp3) is 0.522. The van der Waals surface area contributed by atoms with E-state index in [0.717, 1.165) is 45.1 Å². The standard InChI is InChI=1S/C23H28N2O3S/c26-21(11-9-18-7-4-14-28-18)17-8-10-19-20(15-17)24-23(29)25(22(19)27)13-12-16-5-2-1-3-6-16/h5,8,10,15,18H,1-4,6-7,9,11-14H2,(H,24,29). The van der Waals surface area contributed by atoms with Crippen molar-refractivity contribution >= 4 is 28.9 Å². The predicted molar refractivity (Wildman–Crippen MR) is 117 cm³/mol. The quantitative estimate of drug-likeness (QED) is 0.391. The number of carbonyl (C=O) groups is 1. The van der Waals surface area contributed by atoms with E-state index < -0.39 is 0 Å². The van der Waals surface area contributed by atoms with Crippen LogP contribution < -0.4 is 5.56 Å². The van der Waals surface area contributed by atoms with Crippen molar-refractivity contribution in [3.05, 3.63) is 50.5 Å². The van der Waals surface area contributed by atoms with Gasteiger partial charge in [-0.25, -0.2) is 0 Å². The summed E-state index contributed by atoms with van der Waals surface area (Å²) in [6.07, 6.45) is 11.4. The van der Waals surface area contributed by atoms with Crippen LogP contribution in [0.4, 0.5) is 0 Å². The number of hydrogen-bond acceptors (Lipinski definition) is 4. The molecule has 0 amide bonds. The summed E-state index contributed by atoms with van der Waals surface area (Å²) in [5, 5.41) is 0.576. The summed E-state index contributed by atoms with van der Waals surface area (Å²) in [5.41, 5.74) is 2.59. The number of nitrogens with zero attached hydrogens (tertiary/aromatic N) is 1. The average Bonchev–Trinajstić information content (AvgIpc) is 3.26. The second-order valence-electron chi connectivity index (χ2n) is 8.10. The van der Waals surface area contributed by atoms with E-state index in [-0.39, 0.29) is 17.4 Å². The SMILES string of the molecule is O=C(CCC1CCCO1)c1ccc2c(=O)n(CCC3=CCCCC3)c(=S)[nH]c2c1. The molecule has 29 heavy (non-hydrogen) atoms. The first-order valence-electron chi connectivity index (χ1n) is 10.7. The smallest absolute Gasteiger partial charge is 0.262 e. The number of H-pyrrole nitrogens is 1. The molecule has 1 atom stereocenters. The number of fused-ring (bicyclic) bond motifs is 1. The fourth-order valence-electron chi connectivity index (χ4n) is 4.33. The largest absolute Gasteiger partial charge is 0.378 e. The van der Waals surface area contributed by atoms with E-state index in [1.807, 2.05) is 0 Å². The summed E-state index contributed by atoms with van der Waals surface area (Å²) in [7, 11) is 0. The first-order chi connectivity index (χ1) is 14.1. The Balaban J connectivity index is 1.51. The number of ether oxygens (including phenoxy) is 1. The number of hydrogen-bond donors (Lipinski definition) is 1. The van der Waals surface area contributed by atoms with Gasteiger partial charge in [0.25, 0.3) is 5.56 Å². The number of allylic oxidation sites excluding steroid dienone is 2. The minimum Gasteiger partial charge on any atom is -0.378 e. The summed E-state index contributed by atoms with van der Waals surface area (Å²) in [4.78, 5) is 28.7. The van der Waals surface area contributed by atoms with Gasteiger partial charge >= 0.3 is 0 Å². The van der Waals surface area contributed by atoms with Crippen LogP contribution in [0.5, 0.6) is 0 Å². The first kappa shape index (κ1) is 20.2. The Bertz CT molecular complexity index is 1040. The Morgan fingerprint density at radius 1 is 1.28 bits per heavy atom. The Hall–Kier alpha value is -2.05. The Labute approximate surface area is 175 Å². The molecule has 2 heterocycles. The van der Waals surface area contributed by atoms with E-state index in [4.69, 9.17) is 17.0 Å². The van der Waals surface area contributed by atoms with Crippen molar-refractivity contribution in [2.75, 3.05) is 6.61 Å². The van der Waals surface area contributed by atoms with Crippen LogP contribution in [-0.4, -0.2) is 28.0 Å². The van der Waals surface area contributed by atoms with Gasteiger partial charge in [0, 0.05) is 25.1 Å². The van der Waals surface area contributed by atoms with Crippen molar-refractivity contribution in [2.45, 2.75) is 70.4 Å². The number of rotatable bonds is 7. The summed E-state index contributed by atoms with van der Waals surface area (Å²) < 4.78 is 7.66. The van der Waals surface area contributed by atoms with Crippen LogP contribution in [0, 0.1) is 4.77 Å². The predicted octanol–water partition coefficient (Wildman–Crippen LogP) is 5.09. The topological polar surface area (TPSA) is 64.1 Å². The normalized spacial score (nSPS) is 19.4. The molecule has 0 saturated carbocycles.